The first-order valence-corrected chi connectivity index (χ1v) is 8.67. The Hall–Kier alpha value is -0.540. The van der Waals surface area contributed by atoms with Crippen LogP contribution in [0.5, 0.6) is 0 Å². The molecule has 0 radical (unpaired) electrons. The minimum atomic E-state index is 0.709. The van der Waals surface area contributed by atoms with E-state index in [1.54, 1.807) is 0 Å². The van der Waals surface area contributed by atoms with Gasteiger partial charge < -0.3 is 10.2 Å². The predicted molar refractivity (Wildman–Crippen MR) is 91.3 cm³/mol. The summed E-state index contributed by atoms with van der Waals surface area (Å²) < 4.78 is 1.23. The number of nitrogens with zero attached hydrogens (tertiary/aromatic N) is 1. The van der Waals surface area contributed by atoms with Gasteiger partial charge in [0.1, 0.15) is 0 Å². The van der Waals surface area contributed by atoms with Crippen LogP contribution in [0.4, 0.5) is 5.69 Å². The molecule has 0 spiro atoms. The molecule has 1 aliphatic rings. The van der Waals surface area contributed by atoms with Crippen LogP contribution in [0.2, 0.25) is 0 Å². The van der Waals surface area contributed by atoms with E-state index in [1.807, 2.05) is 0 Å². The van der Waals surface area contributed by atoms with E-state index in [9.17, 15) is 0 Å². The molecule has 1 N–H and O–H groups in total. The highest BCUT2D eigenvalue weighted by molar-refractivity contribution is 9.10. The van der Waals surface area contributed by atoms with Gasteiger partial charge in [-0.1, -0.05) is 42.8 Å². The molecule has 0 bridgehead atoms. The largest absolute Gasteiger partial charge is 0.368 e. The fourth-order valence-corrected chi connectivity index (χ4v) is 3.01. The van der Waals surface area contributed by atoms with Crippen LogP contribution in [0.1, 0.15) is 45.6 Å². The molecule has 0 amide bonds. The van der Waals surface area contributed by atoms with Crippen LogP contribution >= 0.6 is 15.9 Å². The Labute approximate surface area is 132 Å². The zero-order valence-corrected chi connectivity index (χ0v) is 14.5. The van der Waals surface area contributed by atoms with Crippen molar-refractivity contribution in [2.75, 3.05) is 18.0 Å². The molecule has 1 fully saturated rings. The quantitative estimate of drug-likeness (QED) is 0.698. The molecule has 20 heavy (non-hydrogen) atoms. The molecule has 0 aliphatic heterocycles. The average molecular weight is 339 g/mol. The van der Waals surface area contributed by atoms with Crippen molar-refractivity contribution in [1.29, 1.82) is 0 Å². The van der Waals surface area contributed by atoms with E-state index in [-0.39, 0.29) is 0 Å². The lowest BCUT2D eigenvalue weighted by Crippen LogP contribution is -2.29. The summed E-state index contributed by atoms with van der Waals surface area (Å²) in [7, 11) is 0. The molecule has 2 rings (SSSR count). The van der Waals surface area contributed by atoms with Gasteiger partial charge in [-0.25, -0.2) is 0 Å². The van der Waals surface area contributed by atoms with Crippen LogP contribution in [0.3, 0.4) is 0 Å². The maximum Gasteiger partial charge on any atom is 0.0380 e. The Morgan fingerprint density at radius 2 is 2.10 bits per heavy atom. The third-order valence-electron chi connectivity index (χ3n) is 3.66. The van der Waals surface area contributed by atoms with E-state index in [0.29, 0.717) is 5.92 Å². The summed E-state index contributed by atoms with van der Waals surface area (Å²) in [5, 5.41) is 3.46. The Kier molecular flexibility index (Phi) is 5.91. The van der Waals surface area contributed by atoms with Gasteiger partial charge in [-0.3, -0.25) is 0 Å². The Morgan fingerprint density at radius 3 is 2.65 bits per heavy atom. The number of benzene rings is 1. The molecular weight excluding hydrogens is 312 g/mol. The van der Waals surface area contributed by atoms with Crippen molar-refractivity contribution >= 4 is 21.6 Å². The van der Waals surface area contributed by atoms with Crippen molar-refractivity contribution in [2.45, 2.75) is 52.6 Å². The number of hydrogen-bond donors (Lipinski definition) is 1. The SMILES string of the molecule is CCCNCc1ccc(N(CC(C)C)C2CC2)cc1Br. The summed E-state index contributed by atoms with van der Waals surface area (Å²) in [6.45, 7) is 9.98. The summed E-state index contributed by atoms with van der Waals surface area (Å²) in [6.07, 6.45) is 3.88. The Bertz CT molecular complexity index is 427. The van der Waals surface area contributed by atoms with E-state index < -0.39 is 0 Å². The summed E-state index contributed by atoms with van der Waals surface area (Å²) in [5.41, 5.74) is 2.72. The molecule has 112 valence electrons. The maximum absolute atomic E-state index is 3.74. The van der Waals surface area contributed by atoms with Gasteiger partial charge in [0.2, 0.25) is 0 Å². The van der Waals surface area contributed by atoms with Crippen LogP contribution in [0.15, 0.2) is 22.7 Å². The van der Waals surface area contributed by atoms with Crippen molar-refractivity contribution in [2.24, 2.45) is 5.92 Å². The molecule has 0 unspecified atom stereocenters. The van der Waals surface area contributed by atoms with Crippen molar-refractivity contribution in [3.05, 3.63) is 28.2 Å². The highest BCUT2D eigenvalue weighted by atomic mass is 79.9. The van der Waals surface area contributed by atoms with Gasteiger partial charge >= 0.3 is 0 Å². The molecule has 1 aromatic carbocycles. The first-order valence-electron chi connectivity index (χ1n) is 7.87. The van der Waals surface area contributed by atoms with E-state index >= 15 is 0 Å². The van der Waals surface area contributed by atoms with Crippen molar-refractivity contribution in [3.8, 4) is 0 Å². The molecule has 1 saturated carbocycles. The lowest BCUT2D eigenvalue weighted by Gasteiger charge is -2.27. The number of nitrogens with one attached hydrogen (secondary N) is 1. The molecule has 3 heteroatoms. The molecule has 2 nitrogen and oxygen atoms in total. The lowest BCUT2D eigenvalue weighted by molar-refractivity contribution is 0.607. The summed E-state index contributed by atoms with van der Waals surface area (Å²) in [6, 6.07) is 7.61. The highest BCUT2D eigenvalue weighted by Crippen LogP contribution is 2.34. The molecule has 0 saturated heterocycles. The third-order valence-corrected chi connectivity index (χ3v) is 4.40. The number of rotatable bonds is 8. The molecule has 0 heterocycles. The van der Waals surface area contributed by atoms with Gasteiger partial charge in [-0.05, 0) is 49.4 Å². The topological polar surface area (TPSA) is 15.3 Å². The summed E-state index contributed by atoms with van der Waals surface area (Å²) in [5.74, 6) is 0.709. The minimum absolute atomic E-state index is 0.709. The number of halogens is 1. The van der Waals surface area contributed by atoms with Crippen LogP contribution in [-0.2, 0) is 6.54 Å². The monoisotopic (exact) mass is 338 g/mol. The molecule has 1 aromatic rings. The second-order valence-electron chi connectivity index (χ2n) is 6.23. The highest BCUT2D eigenvalue weighted by Gasteiger charge is 2.29. The van der Waals surface area contributed by atoms with Crippen LogP contribution in [-0.4, -0.2) is 19.1 Å². The number of anilines is 1. The van der Waals surface area contributed by atoms with Crippen molar-refractivity contribution < 1.29 is 0 Å². The van der Waals surface area contributed by atoms with Gasteiger partial charge in [-0.15, -0.1) is 0 Å². The van der Waals surface area contributed by atoms with Gasteiger partial charge in [0.15, 0.2) is 0 Å². The third kappa shape index (κ3) is 4.49. The predicted octanol–water partition coefficient (Wildman–Crippen LogP) is 4.57. The zero-order chi connectivity index (χ0) is 14.5. The molecule has 1 aliphatic carbocycles. The fourth-order valence-electron chi connectivity index (χ4n) is 2.50. The molecule has 0 atom stereocenters. The lowest BCUT2D eigenvalue weighted by atomic mass is 10.1. The first-order chi connectivity index (χ1) is 9.61. The normalized spacial score (nSPS) is 14.8. The zero-order valence-electron chi connectivity index (χ0n) is 13.0. The standard InChI is InChI=1S/C17H27BrN2/c1-4-9-19-11-14-5-6-16(10-17(14)18)20(12-13(2)3)15-7-8-15/h5-6,10,13,15,19H,4,7-9,11-12H2,1-3H3. The van der Waals surface area contributed by atoms with E-state index in [4.69, 9.17) is 0 Å². The average Bonchev–Trinajstić information content (AvgIpc) is 3.22. The molecule has 0 aromatic heterocycles. The Morgan fingerprint density at radius 1 is 1.35 bits per heavy atom. The van der Waals surface area contributed by atoms with Gasteiger partial charge in [-0.2, -0.15) is 0 Å². The Balaban J connectivity index is 2.06. The van der Waals surface area contributed by atoms with Gasteiger partial charge in [0.05, 0.1) is 0 Å². The van der Waals surface area contributed by atoms with Crippen LogP contribution in [0, 0.1) is 5.92 Å². The van der Waals surface area contributed by atoms with Crippen molar-refractivity contribution in [3.63, 3.8) is 0 Å². The first kappa shape index (κ1) is 15.8. The van der Waals surface area contributed by atoms with Gasteiger partial charge in [0, 0.05) is 29.3 Å². The second kappa shape index (κ2) is 7.46. The van der Waals surface area contributed by atoms with Crippen LogP contribution in [0.25, 0.3) is 0 Å². The molecular formula is C17H27BrN2. The fraction of sp³-hybridized carbons (Fsp3) is 0.647. The summed E-state index contributed by atoms with van der Waals surface area (Å²) >= 11 is 3.74. The van der Waals surface area contributed by atoms with Gasteiger partial charge in [0.25, 0.3) is 0 Å². The van der Waals surface area contributed by atoms with Crippen LogP contribution < -0.4 is 10.2 Å². The minimum Gasteiger partial charge on any atom is -0.368 e. The van der Waals surface area contributed by atoms with E-state index in [1.165, 1.54) is 35.0 Å². The van der Waals surface area contributed by atoms with E-state index in [0.717, 1.165) is 25.7 Å². The maximum atomic E-state index is 3.74. The number of hydrogen-bond acceptors (Lipinski definition) is 2. The van der Waals surface area contributed by atoms with E-state index in [2.05, 4.69) is 65.1 Å². The summed E-state index contributed by atoms with van der Waals surface area (Å²) in [4.78, 5) is 2.58. The van der Waals surface area contributed by atoms with Crippen molar-refractivity contribution in [1.82, 2.24) is 5.32 Å². The smallest absolute Gasteiger partial charge is 0.0380 e. The second-order valence-corrected chi connectivity index (χ2v) is 7.08.